The molecule has 63 heavy (non-hydrogen) atoms. The van der Waals surface area contributed by atoms with Crippen LogP contribution >= 0.6 is 0 Å². The molecule has 16 nitrogen and oxygen atoms in total. The average Bonchev–Trinajstić information content (AvgIpc) is 3.27. The molecule has 2 aromatic carbocycles. The highest BCUT2D eigenvalue weighted by molar-refractivity contribution is 5.90. The zero-order valence-corrected chi connectivity index (χ0v) is 37.6. The maximum Gasteiger partial charge on any atom is 0.319 e. The highest BCUT2D eigenvalue weighted by Gasteiger charge is 2.33. The van der Waals surface area contributed by atoms with Gasteiger partial charge in [0.15, 0.2) is 11.6 Å². The molecule has 4 aliphatic rings. The number of ether oxygens (including phenoxy) is 2. The Morgan fingerprint density at radius 1 is 0.603 bits per heavy atom. The van der Waals surface area contributed by atoms with E-state index in [0.29, 0.717) is 39.5 Å². The van der Waals surface area contributed by atoms with E-state index in [4.69, 9.17) is 29.4 Å². The SMILES string of the molecule is C.CCNC(=O)Nc1ccc(-c2nc3c(c(N4CCOC[C@@H]4C)n2)CCN(C)[C@@H]3C)cc1.CCNC(=O)Nc1ccc(-c2nc3c(c(N4CCOC[C@@H]4C)n2)CCN(C)[C@H]3C)cc1. The van der Waals surface area contributed by atoms with E-state index in [-0.39, 0.29) is 43.7 Å². The van der Waals surface area contributed by atoms with E-state index in [1.807, 2.05) is 62.4 Å². The Labute approximate surface area is 373 Å². The van der Waals surface area contributed by atoms with Crippen LogP contribution in [0.3, 0.4) is 0 Å². The van der Waals surface area contributed by atoms with Gasteiger partial charge < -0.3 is 40.5 Å². The Hall–Kier alpha value is -5.42. The molecule has 0 unspecified atom stereocenters. The van der Waals surface area contributed by atoms with Crippen molar-refractivity contribution in [2.75, 3.05) is 100 Å². The van der Waals surface area contributed by atoms with Crippen molar-refractivity contribution in [1.29, 1.82) is 0 Å². The number of amides is 4. The van der Waals surface area contributed by atoms with Crippen molar-refractivity contribution in [3.05, 3.63) is 71.0 Å². The third-order valence-corrected chi connectivity index (χ3v) is 12.3. The first-order chi connectivity index (χ1) is 29.9. The molecule has 0 radical (unpaired) electrons. The molecule has 4 aromatic rings. The minimum atomic E-state index is -0.208. The van der Waals surface area contributed by atoms with Crippen LogP contribution in [0.15, 0.2) is 48.5 Å². The summed E-state index contributed by atoms with van der Waals surface area (Å²) >= 11 is 0. The molecule has 0 saturated carbocycles. The van der Waals surface area contributed by atoms with Crippen LogP contribution in [-0.2, 0) is 22.3 Å². The number of carbonyl (C=O) groups excluding carboxylic acids is 2. The summed E-state index contributed by atoms with van der Waals surface area (Å²) in [5.41, 5.74) is 8.09. The van der Waals surface area contributed by atoms with Gasteiger partial charge in [0.25, 0.3) is 0 Å². The number of fused-ring (bicyclic) bond motifs is 2. The smallest absolute Gasteiger partial charge is 0.319 e. The summed E-state index contributed by atoms with van der Waals surface area (Å²) in [6.45, 7) is 20.3. The second-order valence-electron chi connectivity index (χ2n) is 16.6. The largest absolute Gasteiger partial charge is 0.377 e. The fourth-order valence-corrected chi connectivity index (χ4v) is 8.42. The van der Waals surface area contributed by atoms with Gasteiger partial charge in [0.1, 0.15) is 11.6 Å². The quantitative estimate of drug-likeness (QED) is 0.148. The summed E-state index contributed by atoms with van der Waals surface area (Å²) in [6.07, 6.45) is 1.90. The van der Waals surface area contributed by atoms with Crippen LogP contribution in [0.2, 0.25) is 0 Å². The van der Waals surface area contributed by atoms with Gasteiger partial charge in [0.2, 0.25) is 0 Å². The molecule has 0 spiro atoms. The maximum absolute atomic E-state index is 11.8. The van der Waals surface area contributed by atoms with Crippen LogP contribution in [-0.4, -0.2) is 134 Å². The molecule has 0 aliphatic carbocycles. The van der Waals surface area contributed by atoms with E-state index in [1.54, 1.807) is 0 Å². The topological polar surface area (TPSA) is 165 Å². The summed E-state index contributed by atoms with van der Waals surface area (Å²) in [5, 5.41) is 11.1. The lowest BCUT2D eigenvalue weighted by Crippen LogP contribution is -2.45. The second kappa shape index (κ2) is 21.3. The highest BCUT2D eigenvalue weighted by Crippen LogP contribution is 2.37. The zero-order valence-electron chi connectivity index (χ0n) is 37.6. The van der Waals surface area contributed by atoms with Gasteiger partial charge in [-0.25, -0.2) is 29.5 Å². The molecule has 4 atom stereocenters. The van der Waals surface area contributed by atoms with Crippen LogP contribution in [0.25, 0.3) is 22.8 Å². The molecule has 4 N–H and O–H groups in total. The lowest BCUT2D eigenvalue weighted by atomic mass is 9.98. The molecular weight excluding hydrogens is 797 g/mol. The minimum absolute atomic E-state index is 0. The van der Waals surface area contributed by atoms with Crippen molar-refractivity contribution in [2.24, 2.45) is 0 Å². The highest BCUT2D eigenvalue weighted by atomic mass is 16.5. The second-order valence-corrected chi connectivity index (χ2v) is 16.6. The Kier molecular flexibility index (Phi) is 15.9. The van der Waals surface area contributed by atoms with Crippen LogP contribution in [0.4, 0.5) is 32.6 Å². The first kappa shape index (κ1) is 47.1. The van der Waals surface area contributed by atoms with Gasteiger partial charge in [-0.05, 0) is 117 Å². The molecule has 0 bridgehead atoms. The van der Waals surface area contributed by atoms with Crippen LogP contribution in [0.5, 0.6) is 0 Å². The van der Waals surface area contributed by atoms with Gasteiger partial charge >= 0.3 is 12.1 Å². The summed E-state index contributed by atoms with van der Waals surface area (Å²) < 4.78 is 11.3. The molecular formula is C47H68N12O4. The number of aromatic nitrogens is 4. The van der Waals surface area contributed by atoms with Gasteiger partial charge in [-0.2, -0.15) is 0 Å². The standard InChI is InChI=1S/2C23H32N6O2.CH4/c2*1-5-24-23(30)25-18-8-6-17(7-9-18)21-26-20-16(3)28(4)11-10-19(20)22(27-21)29-12-13-31-14-15(29)2;/h2*6-9,15-16H,5,10-14H2,1-4H3,(H2,24,25,30);1H4/t15-,16+;15-,16-;/m00./s1. The van der Waals surface area contributed by atoms with Crippen molar-refractivity contribution in [1.82, 2.24) is 40.4 Å². The van der Waals surface area contributed by atoms with E-state index in [2.05, 4.69) is 82.7 Å². The van der Waals surface area contributed by atoms with Gasteiger partial charge in [0.05, 0.1) is 49.9 Å². The van der Waals surface area contributed by atoms with Crippen molar-refractivity contribution < 1.29 is 19.1 Å². The van der Waals surface area contributed by atoms with Crippen molar-refractivity contribution in [3.63, 3.8) is 0 Å². The van der Waals surface area contributed by atoms with E-state index in [1.165, 1.54) is 11.1 Å². The summed E-state index contributed by atoms with van der Waals surface area (Å²) in [4.78, 5) is 53.1. The van der Waals surface area contributed by atoms with Crippen molar-refractivity contribution in [3.8, 4) is 22.8 Å². The molecule has 340 valence electrons. The van der Waals surface area contributed by atoms with E-state index < -0.39 is 0 Å². The number of hydrogen-bond acceptors (Lipinski definition) is 12. The maximum atomic E-state index is 11.8. The fourth-order valence-electron chi connectivity index (χ4n) is 8.42. The number of nitrogens with zero attached hydrogens (tertiary/aromatic N) is 8. The predicted molar refractivity (Wildman–Crippen MR) is 252 cm³/mol. The van der Waals surface area contributed by atoms with E-state index in [9.17, 15) is 9.59 Å². The number of morpholine rings is 2. The summed E-state index contributed by atoms with van der Waals surface area (Å²) in [7, 11) is 4.29. The number of anilines is 4. The lowest BCUT2D eigenvalue weighted by Gasteiger charge is -2.39. The van der Waals surface area contributed by atoms with Gasteiger partial charge in [-0.1, -0.05) is 7.43 Å². The number of benzene rings is 2. The number of rotatable bonds is 8. The summed E-state index contributed by atoms with van der Waals surface area (Å²) in [6, 6.07) is 16.0. The van der Waals surface area contributed by atoms with Gasteiger partial charge in [-0.15, -0.1) is 0 Å². The van der Waals surface area contributed by atoms with Crippen LogP contribution in [0, 0.1) is 0 Å². The molecule has 2 aromatic heterocycles. The van der Waals surface area contributed by atoms with E-state index in [0.717, 1.165) is 96.2 Å². The van der Waals surface area contributed by atoms with Gasteiger partial charge in [-0.3, -0.25) is 9.80 Å². The molecule has 2 fully saturated rings. The Morgan fingerprint density at radius 3 is 1.33 bits per heavy atom. The van der Waals surface area contributed by atoms with Crippen LogP contribution < -0.4 is 31.1 Å². The molecule has 8 rings (SSSR count). The third-order valence-electron chi connectivity index (χ3n) is 12.3. The zero-order chi connectivity index (χ0) is 43.9. The predicted octanol–water partition coefficient (Wildman–Crippen LogP) is 6.75. The Balaban J connectivity index is 0.000000206. The monoisotopic (exact) mass is 865 g/mol. The molecule has 4 aliphatic heterocycles. The fraction of sp³-hybridized carbons (Fsp3) is 0.532. The van der Waals surface area contributed by atoms with Crippen molar-refractivity contribution >= 4 is 35.1 Å². The third kappa shape index (κ3) is 10.9. The number of urea groups is 2. The normalized spacial score (nSPS) is 21.1. The summed E-state index contributed by atoms with van der Waals surface area (Å²) in [5.74, 6) is 3.53. The number of hydrogen-bond donors (Lipinski definition) is 4. The minimum Gasteiger partial charge on any atom is -0.377 e. The van der Waals surface area contributed by atoms with Crippen LogP contribution in [0.1, 0.15) is 83.6 Å². The molecule has 2 saturated heterocycles. The molecule has 4 amide bonds. The van der Waals surface area contributed by atoms with Crippen molar-refractivity contribution in [2.45, 2.75) is 86.0 Å². The Bertz CT molecular complexity index is 2020. The lowest BCUT2D eigenvalue weighted by molar-refractivity contribution is 0.0982. The number of likely N-dealkylation sites (N-methyl/N-ethyl adjacent to an activating group) is 2. The Morgan fingerprint density at radius 2 is 0.984 bits per heavy atom. The first-order valence-electron chi connectivity index (χ1n) is 22.2. The molecule has 6 heterocycles. The molecule has 16 heteroatoms. The van der Waals surface area contributed by atoms with E-state index >= 15 is 0 Å². The average molecular weight is 865 g/mol. The number of carbonyl (C=O) groups is 2. The van der Waals surface area contributed by atoms with Gasteiger partial charge in [0, 0.05) is 85.0 Å². The first-order valence-corrected chi connectivity index (χ1v) is 22.2. The number of nitrogens with one attached hydrogen (secondary N) is 4.